The zero-order valence-electron chi connectivity index (χ0n) is 42.9. The Kier molecular flexibility index (Phi) is 15.1. The quantitative estimate of drug-likeness (QED) is 0.100. The van der Waals surface area contributed by atoms with E-state index in [-0.39, 0.29) is 36.2 Å². The molecule has 0 aromatic rings. The van der Waals surface area contributed by atoms with Crippen LogP contribution in [0.5, 0.6) is 0 Å². The topological polar surface area (TPSA) is 226 Å². The summed E-state index contributed by atoms with van der Waals surface area (Å²) in [6.07, 6.45) is 11.8. The van der Waals surface area contributed by atoms with E-state index in [2.05, 4.69) is 17.6 Å². The smallest absolute Gasteiger partial charge is 0.407 e. The maximum atomic E-state index is 17.2. The van der Waals surface area contributed by atoms with Gasteiger partial charge in [0.1, 0.15) is 11.2 Å². The molecule has 16 heteroatoms. The number of ketones is 4. The number of ether oxygens (including phenoxy) is 2. The molecular weight excluding hydrogens is 919 g/mol. The SMILES string of the molecule is CCCCCCNC(=O)OCC(=O)[C@@]1(O)[C@H](C)CC2C3CCC4=CC(=O)C=C[C@]4(C)[C@@]3(F)[C@@H](O)C[C@@]21C.CCCNC(=O)OCC(=O)[C@@]1(O)[C@H](C)CC2C3CCC4=CC(=O)C=C[C@]4(C)[C@@]3(F)[C@@H](O)C[C@@]21C. The van der Waals surface area contributed by atoms with Gasteiger partial charge in [-0.05, 0) is 126 Å². The predicted molar refractivity (Wildman–Crippen MR) is 259 cm³/mol. The molecule has 8 aliphatic carbocycles. The van der Waals surface area contributed by atoms with Crippen molar-refractivity contribution < 1.29 is 67.4 Å². The van der Waals surface area contributed by atoms with Crippen LogP contribution < -0.4 is 10.6 Å². The molecule has 394 valence electrons. The fourth-order valence-corrected chi connectivity index (χ4v) is 15.8. The second-order valence-corrected chi connectivity index (χ2v) is 23.2. The van der Waals surface area contributed by atoms with Crippen LogP contribution in [0, 0.1) is 57.2 Å². The van der Waals surface area contributed by atoms with E-state index >= 15 is 8.78 Å². The van der Waals surface area contributed by atoms with Gasteiger partial charge in [-0.3, -0.25) is 19.2 Å². The van der Waals surface area contributed by atoms with Gasteiger partial charge in [-0.25, -0.2) is 18.4 Å². The Bertz CT molecular complexity index is 2280. The summed E-state index contributed by atoms with van der Waals surface area (Å²) in [5, 5.41) is 51.6. The standard InChI is InChI=1S/C29H42FNO6.C26H36FNO6/c1-5-6-7-8-13-31-25(35)37-17-24(34)29(36)18(2)14-22-21-10-9-19-15-20(32)11-12-26(19,3)28(21,30)23(33)16-27(22,29)4;1-5-10-28-22(32)34-14-21(31)26(33)15(2)11-19-18-7-6-16-12-17(29)8-9-23(16,3)25(18,27)20(30)13-24(19,26)4/h11-12,15,18,21-23,33,36H,5-10,13-14,16-17H2,1-4H3,(H,31,35);8-9,12,15,18-20,30,33H,5-7,10-11,13-14H2,1-4H3,(H,28,32)/t18-,21?,22?,23+,26+,27+,28+,29+;15-,18?,19?,20+,23+,24+,25+,26+/m11/s1. The summed E-state index contributed by atoms with van der Waals surface area (Å²) in [6.45, 7) is 14.2. The molecule has 0 aromatic carbocycles. The molecule has 4 unspecified atom stereocenters. The summed E-state index contributed by atoms with van der Waals surface area (Å²) in [7, 11) is 0. The lowest BCUT2D eigenvalue weighted by atomic mass is 9.44. The summed E-state index contributed by atoms with van der Waals surface area (Å²) < 4.78 is 44.5. The monoisotopic (exact) mass is 997 g/mol. The second-order valence-electron chi connectivity index (χ2n) is 23.2. The van der Waals surface area contributed by atoms with Gasteiger partial charge in [-0.15, -0.1) is 0 Å². The maximum Gasteiger partial charge on any atom is 0.407 e. The number of allylic oxidation sites excluding steroid dienone is 8. The fraction of sp³-hybridized carbons (Fsp3) is 0.745. The summed E-state index contributed by atoms with van der Waals surface area (Å²) in [5.74, 6) is -4.51. The zero-order chi connectivity index (χ0) is 52.3. The number of aliphatic hydroxyl groups is 4. The normalized spacial score (nSPS) is 43.6. The lowest BCUT2D eigenvalue weighted by Crippen LogP contribution is -2.69. The Hall–Kier alpha value is -4.12. The van der Waals surface area contributed by atoms with E-state index in [1.807, 2.05) is 6.92 Å². The predicted octanol–water partition coefficient (Wildman–Crippen LogP) is 7.25. The average Bonchev–Trinajstić information content (AvgIpc) is 3.65. The third kappa shape index (κ3) is 8.22. The highest BCUT2D eigenvalue weighted by atomic mass is 19.1. The average molecular weight is 997 g/mol. The highest BCUT2D eigenvalue weighted by Crippen LogP contribution is 2.72. The van der Waals surface area contributed by atoms with Gasteiger partial charge in [0.2, 0.25) is 11.6 Å². The van der Waals surface area contributed by atoms with Gasteiger partial charge in [0.05, 0.1) is 12.2 Å². The van der Waals surface area contributed by atoms with Crippen LogP contribution in [0.4, 0.5) is 18.4 Å². The van der Waals surface area contributed by atoms with Gasteiger partial charge in [-0.2, -0.15) is 0 Å². The van der Waals surface area contributed by atoms with E-state index in [0.29, 0.717) is 69.2 Å². The Balaban J connectivity index is 0.000000209. The molecule has 6 N–H and O–H groups in total. The summed E-state index contributed by atoms with van der Waals surface area (Å²) >= 11 is 0. The molecule has 8 aliphatic rings. The number of carbonyl (C=O) groups excluding carboxylic acids is 6. The van der Waals surface area contributed by atoms with Crippen molar-refractivity contribution in [2.75, 3.05) is 26.3 Å². The molecule has 0 radical (unpaired) electrons. The van der Waals surface area contributed by atoms with Crippen LogP contribution in [0.3, 0.4) is 0 Å². The minimum absolute atomic E-state index is 0.106. The molecule has 8 rings (SSSR count). The second kappa shape index (κ2) is 19.6. The number of alkyl carbamates (subject to hydrolysis) is 2. The molecule has 2 amide bonds. The minimum Gasteiger partial charge on any atom is -0.441 e. The lowest BCUT2D eigenvalue weighted by molar-refractivity contribution is -0.219. The maximum absolute atomic E-state index is 17.2. The molecule has 0 saturated heterocycles. The number of unbranched alkanes of at least 4 members (excludes halogenated alkanes) is 3. The van der Waals surface area contributed by atoms with Gasteiger partial charge in [0.15, 0.2) is 36.1 Å². The van der Waals surface area contributed by atoms with E-state index in [1.165, 1.54) is 24.3 Å². The first-order chi connectivity index (χ1) is 33.2. The Labute approximate surface area is 416 Å². The molecule has 16 atom stereocenters. The molecule has 0 spiro atoms. The molecule has 71 heavy (non-hydrogen) atoms. The van der Waals surface area contributed by atoms with Crippen LogP contribution in [0.15, 0.2) is 47.6 Å². The first-order valence-corrected chi connectivity index (χ1v) is 26.2. The summed E-state index contributed by atoms with van der Waals surface area (Å²) in [6, 6.07) is 0. The number of rotatable bonds is 13. The Morgan fingerprint density at radius 1 is 0.634 bits per heavy atom. The molecular formula is C55H78F2N2O12. The van der Waals surface area contributed by atoms with Gasteiger partial charge in [0.25, 0.3) is 0 Å². The van der Waals surface area contributed by atoms with Crippen molar-refractivity contribution in [1.29, 1.82) is 0 Å². The number of carbonyl (C=O) groups is 6. The van der Waals surface area contributed by atoms with Crippen molar-refractivity contribution in [3.8, 4) is 0 Å². The van der Waals surface area contributed by atoms with Crippen LogP contribution in [0.25, 0.3) is 0 Å². The molecule has 0 aliphatic heterocycles. The summed E-state index contributed by atoms with van der Waals surface area (Å²) in [5.41, 5.74) is -10.8. The van der Waals surface area contributed by atoms with Crippen LogP contribution in [-0.2, 0) is 28.7 Å². The van der Waals surface area contributed by atoms with Crippen molar-refractivity contribution in [3.05, 3.63) is 47.6 Å². The first-order valence-electron chi connectivity index (χ1n) is 26.2. The van der Waals surface area contributed by atoms with Gasteiger partial charge in [0, 0.05) is 46.6 Å². The van der Waals surface area contributed by atoms with E-state index < -0.39 is 117 Å². The number of nitrogens with one attached hydrogen (secondary N) is 2. The number of fused-ring (bicyclic) bond motifs is 10. The van der Waals surface area contributed by atoms with Crippen LogP contribution in [0.2, 0.25) is 0 Å². The molecule has 0 heterocycles. The van der Waals surface area contributed by atoms with Gasteiger partial charge < -0.3 is 40.5 Å². The highest BCUT2D eigenvalue weighted by molar-refractivity contribution is 6.02. The number of halogens is 2. The van der Waals surface area contributed by atoms with E-state index in [0.717, 1.165) is 25.7 Å². The fourth-order valence-electron chi connectivity index (χ4n) is 15.8. The number of Topliss-reactive ketones (excluding diaryl/α,β-unsaturated/α-hetero) is 2. The van der Waals surface area contributed by atoms with Gasteiger partial charge in [-0.1, -0.05) is 84.1 Å². The molecule has 0 bridgehead atoms. The van der Waals surface area contributed by atoms with Crippen molar-refractivity contribution in [2.24, 2.45) is 57.2 Å². The number of hydrogen-bond donors (Lipinski definition) is 6. The number of amides is 2. The van der Waals surface area contributed by atoms with Crippen molar-refractivity contribution in [1.82, 2.24) is 10.6 Å². The molecule has 0 aromatic heterocycles. The van der Waals surface area contributed by atoms with E-state index in [1.54, 1.807) is 53.7 Å². The third-order valence-corrected chi connectivity index (χ3v) is 19.8. The van der Waals surface area contributed by atoms with Gasteiger partial charge >= 0.3 is 12.2 Å². The zero-order valence-corrected chi connectivity index (χ0v) is 42.9. The Morgan fingerprint density at radius 3 is 1.44 bits per heavy atom. The number of alkyl halides is 2. The highest BCUT2D eigenvalue weighted by Gasteiger charge is 2.77. The first kappa shape index (κ1) is 54.6. The number of hydrogen-bond acceptors (Lipinski definition) is 12. The van der Waals surface area contributed by atoms with Crippen LogP contribution in [0.1, 0.15) is 139 Å². The largest absolute Gasteiger partial charge is 0.441 e. The van der Waals surface area contributed by atoms with Crippen molar-refractivity contribution >= 4 is 35.3 Å². The van der Waals surface area contributed by atoms with E-state index in [9.17, 15) is 49.2 Å². The molecule has 14 nitrogen and oxygen atoms in total. The minimum atomic E-state index is -2.03. The molecule has 6 fully saturated rings. The van der Waals surface area contributed by atoms with E-state index in [4.69, 9.17) is 9.47 Å². The van der Waals surface area contributed by atoms with Crippen molar-refractivity contribution in [2.45, 2.75) is 174 Å². The van der Waals surface area contributed by atoms with Crippen LogP contribution in [-0.4, -0.2) is 117 Å². The lowest BCUT2D eigenvalue weighted by Gasteiger charge is -2.62. The Morgan fingerprint density at radius 2 is 1.04 bits per heavy atom. The summed E-state index contributed by atoms with van der Waals surface area (Å²) in [4.78, 5) is 74.7. The van der Waals surface area contributed by atoms with Crippen LogP contribution >= 0.6 is 0 Å². The molecule has 6 saturated carbocycles. The van der Waals surface area contributed by atoms with Crippen molar-refractivity contribution in [3.63, 3.8) is 0 Å². The third-order valence-electron chi connectivity index (χ3n) is 19.8. The number of aliphatic hydroxyl groups excluding tert-OH is 2.